The van der Waals surface area contributed by atoms with E-state index in [2.05, 4.69) is 22.9 Å². The van der Waals surface area contributed by atoms with E-state index in [-0.39, 0.29) is 11.7 Å². The SMILES string of the molecule is COc1ccc(C(=O)N2CCC(C(C)Br)CC2)cc1F. The van der Waals surface area contributed by atoms with E-state index < -0.39 is 5.82 Å². The topological polar surface area (TPSA) is 29.5 Å². The number of ether oxygens (including phenoxy) is 1. The number of hydrogen-bond acceptors (Lipinski definition) is 2. The molecule has 1 atom stereocenters. The fourth-order valence-electron chi connectivity index (χ4n) is 2.54. The van der Waals surface area contributed by atoms with Gasteiger partial charge in [-0.15, -0.1) is 0 Å². The summed E-state index contributed by atoms with van der Waals surface area (Å²) < 4.78 is 18.5. The van der Waals surface area contributed by atoms with Crippen LogP contribution in [-0.4, -0.2) is 35.8 Å². The number of carbonyl (C=O) groups excluding carboxylic acids is 1. The minimum Gasteiger partial charge on any atom is -0.494 e. The highest BCUT2D eigenvalue weighted by molar-refractivity contribution is 9.09. The predicted octanol–water partition coefficient (Wildman–Crippen LogP) is 3.47. The molecule has 3 nitrogen and oxygen atoms in total. The largest absolute Gasteiger partial charge is 0.494 e. The lowest BCUT2D eigenvalue weighted by Crippen LogP contribution is -2.40. The number of benzene rings is 1. The van der Waals surface area contributed by atoms with Gasteiger partial charge in [0, 0.05) is 23.5 Å². The Hall–Kier alpha value is -1.10. The number of amides is 1. The van der Waals surface area contributed by atoms with Crippen LogP contribution in [0.1, 0.15) is 30.1 Å². The van der Waals surface area contributed by atoms with Gasteiger partial charge in [-0.2, -0.15) is 0 Å². The molecular formula is C15H19BrFNO2. The fraction of sp³-hybridized carbons (Fsp3) is 0.533. The lowest BCUT2D eigenvalue weighted by Gasteiger charge is -2.33. The molecule has 1 unspecified atom stereocenters. The quantitative estimate of drug-likeness (QED) is 0.786. The summed E-state index contributed by atoms with van der Waals surface area (Å²) in [6, 6.07) is 4.36. The number of halogens is 2. The van der Waals surface area contributed by atoms with Crippen LogP contribution in [0, 0.1) is 11.7 Å². The molecule has 1 aromatic rings. The molecule has 0 spiro atoms. The van der Waals surface area contributed by atoms with Crippen molar-refractivity contribution in [1.82, 2.24) is 4.90 Å². The van der Waals surface area contributed by atoms with Crippen molar-refractivity contribution in [3.05, 3.63) is 29.6 Å². The monoisotopic (exact) mass is 343 g/mol. The number of methoxy groups -OCH3 is 1. The molecule has 1 aromatic carbocycles. The molecule has 0 N–H and O–H groups in total. The number of carbonyl (C=O) groups is 1. The number of hydrogen-bond donors (Lipinski definition) is 0. The van der Waals surface area contributed by atoms with Crippen LogP contribution in [0.25, 0.3) is 0 Å². The Morgan fingerprint density at radius 2 is 2.10 bits per heavy atom. The fourth-order valence-corrected chi connectivity index (χ4v) is 3.07. The Morgan fingerprint density at radius 3 is 2.60 bits per heavy atom. The molecule has 1 amide bonds. The van der Waals surface area contributed by atoms with Crippen LogP contribution in [0.5, 0.6) is 5.75 Å². The van der Waals surface area contributed by atoms with Crippen molar-refractivity contribution in [2.75, 3.05) is 20.2 Å². The zero-order valence-corrected chi connectivity index (χ0v) is 13.3. The first-order valence-corrected chi connectivity index (χ1v) is 7.71. The average molecular weight is 344 g/mol. The van der Waals surface area contributed by atoms with Gasteiger partial charge in [0.2, 0.25) is 0 Å². The Balaban J connectivity index is 2.04. The van der Waals surface area contributed by atoms with E-state index in [1.807, 2.05) is 0 Å². The molecule has 0 bridgehead atoms. The van der Waals surface area contributed by atoms with Crippen LogP contribution in [0.3, 0.4) is 0 Å². The smallest absolute Gasteiger partial charge is 0.253 e. The molecule has 110 valence electrons. The molecule has 20 heavy (non-hydrogen) atoms. The number of rotatable bonds is 3. The van der Waals surface area contributed by atoms with E-state index in [0.717, 1.165) is 25.9 Å². The van der Waals surface area contributed by atoms with Crippen LogP contribution in [0.2, 0.25) is 0 Å². The van der Waals surface area contributed by atoms with Gasteiger partial charge < -0.3 is 9.64 Å². The Bertz CT molecular complexity index is 485. The van der Waals surface area contributed by atoms with Gasteiger partial charge in [0.15, 0.2) is 11.6 Å². The van der Waals surface area contributed by atoms with Crippen LogP contribution in [-0.2, 0) is 0 Å². The summed E-state index contributed by atoms with van der Waals surface area (Å²) in [6.45, 7) is 3.60. The summed E-state index contributed by atoms with van der Waals surface area (Å²) in [4.78, 5) is 14.6. The van der Waals surface area contributed by atoms with Gasteiger partial charge >= 0.3 is 0 Å². The van der Waals surface area contributed by atoms with Crippen molar-refractivity contribution in [2.45, 2.75) is 24.6 Å². The first-order valence-electron chi connectivity index (χ1n) is 6.79. The summed E-state index contributed by atoms with van der Waals surface area (Å²) in [7, 11) is 1.41. The standard InChI is InChI=1S/C15H19BrFNO2/c1-10(16)11-5-7-18(8-6-11)15(19)12-3-4-14(20-2)13(17)9-12/h3-4,9-11H,5-8H2,1-2H3. The van der Waals surface area contributed by atoms with Crippen molar-refractivity contribution in [1.29, 1.82) is 0 Å². The maximum absolute atomic E-state index is 13.6. The third kappa shape index (κ3) is 3.32. The first-order chi connectivity index (χ1) is 9.52. The molecule has 1 aliphatic rings. The van der Waals surface area contributed by atoms with Crippen molar-refractivity contribution in [3.63, 3.8) is 0 Å². The molecule has 1 saturated heterocycles. The minimum absolute atomic E-state index is 0.104. The normalized spacial score (nSPS) is 17.9. The van der Waals surface area contributed by atoms with E-state index in [1.165, 1.54) is 19.2 Å². The molecule has 1 aliphatic heterocycles. The third-order valence-corrected chi connectivity index (χ3v) is 4.62. The molecule has 0 aromatic heterocycles. The van der Waals surface area contributed by atoms with E-state index in [4.69, 9.17) is 4.74 Å². The van der Waals surface area contributed by atoms with Crippen LogP contribution < -0.4 is 4.74 Å². The van der Waals surface area contributed by atoms with Crippen molar-refractivity contribution in [2.24, 2.45) is 5.92 Å². The Morgan fingerprint density at radius 1 is 1.45 bits per heavy atom. The van der Waals surface area contributed by atoms with Gasteiger partial charge in [0.1, 0.15) is 0 Å². The summed E-state index contributed by atoms with van der Waals surface area (Å²) in [5.74, 6) is 0.162. The second kappa shape index (κ2) is 6.57. The van der Waals surface area contributed by atoms with Gasteiger partial charge in [-0.25, -0.2) is 4.39 Å². The first kappa shape index (κ1) is 15.3. The lowest BCUT2D eigenvalue weighted by molar-refractivity contribution is 0.0691. The highest BCUT2D eigenvalue weighted by Crippen LogP contribution is 2.26. The molecule has 5 heteroatoms. The van der Waals surface area contributed by atoms with Gasteiger partial charge in [-0.05, 0) is 37.0 Å². The average Bonchev–Trinajstić information content (AvgIpc) is 2.46. The zero-order valence-electron chi connectivity index (χ0n) is 11.7. The maximum Gasteiger partial charge on any atom is 0.253 e. The predicted molar refractivity (Wildman–Crippen MR) is 80.0 cm³/mol. The Kier molecular flexibility index (Phi) is 5.02. The van der Waals surface area contributed by atoms with E-state index in [9.17, 15) is 9.18 Å². The molecule has 0 aliphatic carbocycles. The van der Waals surface area contributed by atoms with E-state index >= 15 is 0 Å². The van der Waals surface area contributed by atoms with Crippen LogP contribution >= 0.6 is 15.9 Å². The highest BCUT2D eigenvalue weighted by Gasteiger charge is 2.26. The van der Waals surface area contributed by atoms with Crippen LogP contribution in [0.4, 0.5) is 4.39 Å². The number of nitrogens with zero attached hydrogens (tertiary/aromatic N) is 1. The maximum atomic E-state index is 13.6. The summed E-state index contributed by atoms with van der Waals surface area (Å²) in [6.07, 6.45) is 1.97. The minimum atomic E-state index is -0.498. The Labute approximate surface area is 127 Å². The van der Waals surface area contributed by atoms with Crippen molar-refractivity contribution in [3.8, 4) is 5.75 Å². The van der Waals surface area contributed by atoms with Gasteiger partial charge in [0.25, 0.3) is 5.91 Å². The number of piperidine rings is 1. The van der Waals surface area contributed by atoms with E-state index in [0.29, 0.717) is 16.3 Å². The molecule has 1 heterocycles. The van der Waals surface area contributed by atoms with Gasteiger partial charge in [0.05, 0.1) is 7.11 Å². The summed E-state index contributed by atoms with van der Waals surface area (Å²) in [5, 5.41) is 0. The molecule has 2 rings (SSSR count). The molecule has 0 saturated carbocycles. The van der Waals surface area contributed by atoms with Crippen molar-refractivity contribution < 1.29 is 13.9 Å². The zero-order chi connectivity index (χ0) is 14.7. The second-order valence-corrected chi connectivity index (χ2v) is 6.60. The highest BCUT2D eigenvalue weighted by atomic mass is 79.9. The second-order valence-electron chi connectivity index (χ2n) is 5.16. The number of alkyl halides is 1. The van der Waals surface area contributed by atoms with E-state index in [1.54, 1.807) is 11.0 Å². The molecule has 0 radical (unpaired) electrons. The summed E-state index contributed by atoms with van der Waals surface area (Å²) in [5.41, 5.74) is 0.383. The number of likely N-dealkylation sites (tertiary alicyclic amines) is 1. The van der Waals surface area contributed by atoms with Gasteiger partial charge in [-0.1, -0.05) is 22.9 Å². The molecule has 1 fully saturated rings. The third-order valence-electron chi connectivity index (χ3n) is 3.88. The van der Waals surface area contributed by atoms with Gasteiger partial charge in [-0.3, -0.25) is 4.79 Å². The summed E-state index contributed by atoms with van der Waals surface area (Å²) >= 11 is 3.60. The lowest BCUT2D eigenvalue weighted by atomic mass is 9.94. The van der Waals surface area contributed by atoms with Crippen LogP contribution in [0.15, 0.2) is 18.2 Å². The molecular weight excluding hydrogens is 325 g/mol. The van der Waals surface area contributed by atoms with Crippen molar-refractivity contribution >= 4 is 21.8 Å².